The minimum absolute atomic E-state index is 0.412. The maximum absolute atomic E-state index is 10.4. The third-order valence-corrected chi connectivity index (χ3v) is 4.12. The van der Waals surface area contributed by atoms with Gasteiger partial charge in [-0.05, 0) is 11.3 Å². The van der Waals surface area contributed by atoms with Crippen LogP contribution in [0.5, 0.6) is 0 Å². The molecule has 0 aliphatic carbocycles. The van der Waals surface area contributed by atoms with Gasteiger partial charge in [0.1, 0.15) is 0 Å². The summed E-state index contributed by atoms with van der Waals surface area (Å²) in [7, 11) is 0. The second-order valence-electron chi connectivity index (χ2n) is 6.59. The Bertz CT molecular complexity index is 235. The summed E-state index contributed by atoms with van der Waals surface area (Å²) in [6.07, 6.45) is 1.59. The number of hydrogen-bond donors (Lipinski definition) is 1. The van der Waals surface area contributed by atoms with Crippen LogP contribution in [0.2, 0.25) is 0 Å². The Kier molecular flexibility index (Phi) is 3.30. The fraction of sp³-hybridized carbons (Fsp3) is 1.00. The monoisotopic (exact) mass is 227 g/mol. The fourth-order valence-corrected chi connectivity index (χ4v) is 2.57. The summed E-state index contributed by atoms with van der Waals surface area (Å²) in [5.74, 6) is 0.788. The largest absolute Gasteiger partial charge is 0.388 e. The van der Waals surface area contributed by atoms with Crippen molar-refractivity contribution < 1.29 is 9.84 Å². The van der Waals surface area contributed by atoms with Crippen molar-refractivity contribution in [1.82, 2.24) is 4.90 Å². The lowest BCUT2D eigenvalue weighted by Crippen LogP contribution is -2.58. The average molecular weight is 227 g/mol. The van der Waals surface area contributed by atoms with Crippen LogP contribution in [0.15, 0.2) is 0 Å². The highest BCUT2D eigenvalue weighted by Gasteiger charge is 2.40. The van der Waals surface area contributed by atoms with E-state index < -0.39 is 5.60 Å². The van der Waals surface area contributed by atoms with Gasteiger partial charge in [0.05, 0.1) is 5.60 Å². The number of rotatable bonds is 2. The summed E-state index contributed by atoms with van der Waals surface area (Å²) in [6, 6.07) is 0. The third-order valence-electron chi connectivity index (χ3n) is 4.12. The van der Waals surface area contributed by atoms with Crippen LogP contribution in [-0.4, -0.2) is 48.5 Å². The van der Waals surface area contributed by atoms with Crippen molar-refractivity contribution in [2.45, 2.75) is 39.2 Å². The van der Waals surface area contributed by atoms with Crippen LogP contribution >= 0.6 is 0 Å². The molecule has 0 bridgehead atoms. The van der Waals surface area contributed by atoms with Gasteiger partial charge in [0.15, 0.2) is 0 Å². The Balaban J connectivity index is 1.76. The molecule has 2 aliphatic rings. The zero-order valence-electron chi connectivity index (χ0n) is 10.8. The van der Waals surface area contributed by atoms with Crippen LogP contribution in [0.1, 0.15) is 33.6 Å². The normalized spacial score (nSPS) is 27.8. The maximum atomic E-state index is 10.4. The molecule has 2 aliphatic heterocycles. The second-order valence-corrected chi connectivity index (χ2v) is 6.59. The van der Waals surface area contributed by atoms with Gasteiger partial charge in [-0.25, -0.2) is 0 Å². The van der Waals surface area contributed by atoms with Gasteiger partial charge in [-0.15, -0.1) is 0 Å². The molecular formula is C13H25NO2. The quantitative estimate of drug-likeness (QED) is 0.776. The Morgan fingerprint density at radius 3 is 2.31 bits per heavy atom. The van der Waals surface area contributed by atoms with Crippen LogP contribution in [0.25, 0.3) is 0 Å². The third kappa shape index (κ3) is 2.76. The van der Waals surface area contributed by atoms with Gasteiger partial charge in [0.25, 0.3) is 0 Å². The molecule has 2 heterocycles. The summed E-state index contributed by atoms with van der Waals surface area (Å²) in [5, 5.41) is 10.4. The standard InChI is InChI=1S/C13H25NO2/c1-12(2,3)11-8-14(9-11)10-13(15)4-6-16-7-5-13/h11,15H,4-10H2,1-3H3. The van der Waals surface area contributed by atoms with Gasteiger partial charge in [0.2, 0.25) is 0 Å². The second kappa shape index (κ2) is 4.28. The topological polar surface area (TPSA) is 32.7 Å². The van der Waals surface area contributed by atoms with E-state index in [1.54, 1.807) is 0 Å². The Morgan fingerprint density at radius 2 is 1.81 bits per heavy atom. The summed E-state index contributed by atoms with van der Waals surface area (Å²) < 4.78 is 5.30. The molecule has 1 N–H and O–H groups in total. The number of hydrogen-bond acceptors (Lipinski definition) is 3. The fourth-order valence-electron chi connectivity index (χ4n) is 2.57. The van der Waals surface area contributed by atoms with Crippen molar-refractivity contribution in [3.63, 3.8) is 0 Å². The van der Waals surface area contributed by atoms with E-state index in [-0.39, 0.29) is 0 Å². The van der Waals surface area contributed by atoms with Gasteiger partial charge >= 0.3 is 0 Å². The van der Waals surface area contributed by atoms with Crippen LogP contribution in [0.4, 0.5) is 0 Å². The van der Waals surface area contributed by atoms with Gasteiger partial charge in [0, 0.05) is 45.7 Å². The first-order valence-electron chi connectivity index (χ1n) is 6.42. The molecule has 0 saturated carbocycles. The molecule has 0 spiro atoms. The first-order chi connectivity index (χ1) is 7.39. The van der Waals surface area contributed by atoms with Gasteiger partial charge < -0.3 is 9.84 Å². The first-order valence-corrected chi connectivity index (χ1v) is 6.42. The summed E-state index contributed by atoms with van der Waals surface area (Å²) in [4.78, 5) is 2.39. The van der Waals surface area contributed by atoms with Gasteiger partial charge in [-0.1, -0.05) is 20.8 Å². The van der Waals surface area contributed by atoms with E-state index in [4.69, 9.17) is 4.74 Å². The molecular weight excluding hydrogens is 202 g/mol. The average Bonchev–Trinajstić information content (AvgIpc) is 2.10. The molecule has 2 rings (SSSR count). The van der Waals surface area contributed by atoms with E-state index >= 15 is 0 Å². The molecule has 0 atom stereocenters. The zero-order valence-corrected chi connectivity index (χ0v) is 10.8. The molecule has 2 fully saturated rings. The van der Waals surface area contributed by atoms with E-state index in [2.05, 4.69) is 25.7 Å². The Labute approximate surface area is 98.8 Å². The predicted molar refractivity (Wildman–Crippen MR) is 64.4 cm³/mol. The lowest BCUT2D eigenvalue weighted by atomic mass is 9.75. The number of β-amino-alcohol motifs (C(OH)–C–C–N with tert-alkyl or cyclic N) is 1. The van der Waals surface area contributed by atoms with E-state index in [9.17, 15) is 5.11 Å². The summed E-state index contributed by atoms with van der Waals surface area (Å²) >= 11 is 0. The van der Waals surface area contributed by atoms with Crippen molar-refractivity contribution in [3.05, 3.63) is 0 Å². The van der Waals surface area contributed by atoms with Crippen LogP contribution < -0.4 is 0 Å². The number of likely N-dealkylation sites (tertiary alicyclic amines) is 1. The summed E-state index contributed by atoms with van der Waals surface area (Å²) in [6.45, 7) is 11.5. The van der Waals surface area contributed by atoms with Crippen LogP contribution in [0.3, 0.4) is 0 Å². The molecule has 0 aromatic carbocycles. The highest BCUT2D eigenvalue weighted by atomic mass is 16.5. The molecule has 16 heavy (non-hydrogen) atoms. The minimum atomic E-state index is -0.485. The molecule has 3 heteroatoms. The molecule has 0 aromatic rings. The van der Waals surface area contributed by atoms with Gasteiger partial charge in [-0.2, -0.15) is 0 Å². The molecule has 0 amide bonds. The van der Waals surface area contributed by atoms with Crippen molar-refractivity contribution in [3.8, 4) is 0 Å². The maximum Gasteiger partial charge on any atom is 0.0817 e. The lowest BCUT2D eigenvalue weighted by molar-refractivity contribution is -0.103. The van der Waals surface area contributed by atoms with Crippen molar-refractivity contribution >= 4 is 0 Å². The highest BCUT2D eigenvalue weighted by molar-refractivity contribution is 4.93. The molecule has 2 saturated heterocycles. The van der Waals surface area contributed by atoms with Crippen LogP contribution in [0, 0.1) is 11.3 Å². The van der Waals surface area contributed by atoms with E-state index in [1.165, 1.54) is 0 Å². The van der Waals surface area contributed by atoms with Crippen molar-refractivity contribution in [2.24, 2.45) is 11.3 Å². The number of nitrogens with zero attached hydrogens (tertiary/aromatic N) is 1. The highest BCUT2D eigenvalue weighted by Crippen LogP contribution is 2.35. The Morgan fingerprint density at radius 1 is 1.25 bits per heavy atom. The van der Waals surface area contributed by atoms with Crippen LogP contribution in [-0.2, 0) is 4.74 Å². The Hall–Kier alpha value is -0.120. The minimum Gasteiger partial charge on any atom is -0.388 e. The molecule has 0 radical (unpaired) electrons. The SMILES string of the molecule is CC(C)(C)C1CN(CC2(O)CCOCC2)C1. The zero-order chi connectivity index (χ0) is 11.8. The summed E-state index contributed by atoms with van der Waals surface area (Å²) in [5.41, 5.74) is -0.0735. The van der Waals surface area contributed by atoms with Crippen molar-refractivity contribution in [2.75, 3.05) is 32.8 Å². The lowest BCUT2D eigenvalue weighted by Gasteiger charge is -2.49. The molecule has 0 unspecified atom stereocenters. The number of ether oxygens (including phenoxy) is 1. The smallest absolute Gasteiger partial charge is 0.0817 e. The number of aliphatic hydroxyl groups is 1. The first kappa shape index (κ1) is 12.3. The molecule has 94 valence electrons. The van der Waals surface area contributed by atoms with E-state index in [0.717, 1.165) is 38.4 Å². The van der Waals surface area contributed by atoms with Gasteiger partial charge in [-0.3, -0.25) is 4.90 Å². The van der Waals surface area contributed by atoms with Crippen molar-refractivity contribution in [1.29, 1.82) is 0 Å². The predicted octanol–water partition coefficient (Wildman–Crippen LogP) is 1.51. The van der Waals surface area contributed by atoms with E-state index in [1.807, 2.05) is 0 Å². The molecule has 0 aromatic heterocycles. The molecule has 3 nitrogen and oxygen atoms in total. The van der Waals surface area contributed by atoms with E-state index in [0.29, 0.717) is 18.6 Å².